The molecule has 0 aliphatic heterocycles. The van der Waals surface area contributed by atoms with Crippen molar-refractivity contribution < 1.29 is 13.2 Å². The van der Waals surface area contributed by atoms with Crippen molar-refractivity contribution in [1.29, 1.82) is 0 Å². The van der Waals surface area contributed by atoms with Gasteiger partial charge in [-0.15, -0.1) is 0 Å². The Bertz CT molecular complexity index is 819. The zero-order chi connectivity index (χ0) is 17.2. The number of nitrogens with one attached hydrogen (secondary N) is 1. The van der Waals surface area contributed by atoms with Gasteiger partial charge in [0.25, 0.3) is 0 Å². The van der Waals surface area contributed by atoms with E-state index in [9.17, 15) is 8.42 Å². The van der Waals surface area contributed by atoms with E-state index in [1.807, 2.05) is 39.0 Å². The van der Waals surface area contributed by atoms with Crippen LogP contribution in [0, 0.1) is 13.8 Å². The molecule has 0 aliphatic carbocycles. The second kappa shape index (κ2) is 6.91. The van der Waals surface area contributed by atoms with Crippen LogP contribution in [-0.4, -0.2) is 15.5 Å². The molecule has 0 bridgehead atoms. The van der Waals surface area contributed by atoms with E-state index in [0.717, 1.165) is 16.7 Å². The van der Waals surface area contributed by atoms with Gasteiger partial charge in [-0.3, -0.25) is 0 Å². The average Bonchev–Trinajstić information content (AvgIpc) is 2.49. The molecule has 6 heteroatoms. The summed E-state index contributed by atoms with van der Waals surface area (Å²) in [7, 11) is -2.33. The minimum absolute atomic E-state index is 0.0321. The van der Waals surface area contributed by atoms with E-state index < -0.39 is 10.0 Å². The van der Waals surface area contributed by atoms with Gasteiger partial charge < -0.3 is 4.74 Å². The fourth-order valence-corrected chi connectivity index (χ4v) is 4.10. The minimum Gasteiger partial charge on any atom is -0.495 e. The van der Waals surface area contributed by atoms with Crippen LogP contribution in [0.2, 0.25) is 5.02 Å². The lowest BCUT2D eigenvalue weighted by atomic mass is 10.0. The minimum atomic E-state index is -3.76. The molecule has 1 atom stereocenters. The first-order valence-corrected chi connectivity index (χ1v) is 9.03. The summed E-state index contributed by atoms with van der Waals surface area (Å²) >= 11 is 5.93. The Hall–Kier alpha value is -1.56. The topological polar surface area (TPSA) is 55.4 Å². The summed E-state index contributed by atoms with van der Waals surface area (Å²) in [5.41, 5.74) is 3.05. The molecule has 0 saturated heterocycles. The number of rotatable bonds is 5. The highest BCUT2D eigenvalue weighted by Crippen LogP contribution is 2.29. The lowest BCUT2D eigenvalue weighted by molar-refractivity contribution is 0.402. The Labute approximate surface area is 142 Å². The van der Waals surface area contributed by atoms with Crippen molar-refractivity contribution in [2.24, 2.45) is 0 Å². The monoisotopic (exact) mass is 353 g/mol. The van der Waals surface area contributed by atoms with Crippen molar-refractivity contribution in [2.45, 2.75) is 31.7 Å². The van der Waals surface area contributed by atoms with Gasteiger partial charge in [-0.25, -0.2) is 13.1 Å². The maximum Gasteiger partial charge on any atom is 0.244 e. The van der Waals surface area contributed by atoms with E-state index in [-0.39, 0.29) is 16.7 Å². The van der Waals surface area contributed by atoms with E-state index >= 15 is 0 Å². The lowest BCUT2D eigenvalue weighted by Gasteiger charge is -2.18. The average molecular weight is 354 g/mol. The third-order valence-electron chi connectivity index (χ3n) is 3.65. The fraction of sp³-hybridized carbons (Fsp3) is 0.294. The molecule has 0 amide bonds. The highest BCUT2D eigenvalue weighted by atomic mass is 35.5. The third kappa shape index (κ3) is 4.05. The van der Waals surface area contributed by atoms with Crippen molar-refractivity contribution in [2.75, 3.05) is 7.11 Å². The zero-order valence-electron chi connectivity index (χ0n) is 13.6. The van der Waals surface area contributed by atoms with Gasteiger partial charge in [0, 0.05) is 11.1 Å². The number of methoxy groups -OCH3 is 1. The van der Waals surface area contributed by atoms with Crippen molar-refractivity contribution in [3.05, 3.63) is 58.1 Å². The molecule has 0 aliphatic rings. The van der Waals surface area contributed by atoms with Crippen LogP contribution in [0.5, 0.6) is 5.75 Å². The molecule has 0 heterocycles. The van der Waals surface area contributed by atoms with Crippen molar-refractivity contribution in [3.63, 3.8) is 0 Å². The number of aryl methyl sites for hydroxylation is 2. The molecule has 2 aromatic carbocycles. The van der Waals surface area contributed by atoms with Crippen molar-refractivity contribution >= 4 is 21.6 Å². The van der Waals surface area contributed by atoms with Crippen LogP contribution < -0.4 is 9.46 Å². The van der Waals surface area contributed by atoms with Crippen LogP contribution >= 0.6 is 11.6 Å². The molecule has 0 radical (unpaired) electrons. The molecule has 0 aromatic heterocycles. The first-order valence-electron chi connectivity index (χ1n) is 7.17. The second-order valence-corrected chi connectivity index (χ2v) is 7.62. The largest absolute Gasteiger partial charge is 0.495 e. The molecule has 0 saturated carbocycles. The molecule has 2 aromatic rings. The standard InChI is InChI=1S/C17H20ClNO3S/c1-11-5-6-12(2)15(9-11)13(3)19-23(20,21)17-10-14(18)7-8-16(17)22-4/h5-10,13,19H,1-4H3/t13-/m1/s1. The molecule has 23 heavy (non-hydrogen) atoms. The molecule has 2 rings (SSSR count). The van der Waals surface area contributed by atoms with Gasteiger partial charge in [-0.1, -0.05) is 35.4 Å². The van der Waals surface area contributed by atoms with Gasteiger partial charge in [0.1, 0.15) is 10.6 Å². The third-order valence-corrected chi connectivity index (χ3v) is 5.45. The molecule has 4 nitrogen and oxygen atoms in total. The first kappa shape index (κ1) is 17.8. The summed E-state index contributed by atoms with van der Waals surface area (Å²) in [6.07, 6.45) is 0. The van der Waals surface area contributed by atoms with Crippen LogP contribution in [0.25, 0.3) is 0 Å². The van der Waals surface area contributed by atoms with E-state index in [1.54, 1.807) is 12.1 Å². The first-order chi connectivity index (χ1) is 10.7. The summed E-state index contributed by atoms with van der Waals surface area (Å²) in [6, 6.07) is 10.1. The Morgan fingerprint density at radius 3 is 2.48 bits per heavy atom. The Morgan fingerprint density at radius 2 is 1.83 bits per heavy atom. The molecule has 0 fully saturated rings. The summed E-state index contributed by atoms with van der Waals surface area (Å²) < 4.78 is 33.2. The zero-order valence-corrected chi connectivity index (χ0v) is 15.1. The Morgan fingerprint density at radius 1 is 1.13 bits per heavy atom. The van der Waals surface area contributed by atoms with Gasteiger partial charge >= 0.3 is 0 Å². The normalized spacial score (nSPS) is 12.9. The van der Waals surface area contributed by atoms with Crippen LogP contribution in [-0.2, 0) is 10.0 Å². The van der Waals surface area contributed by atoms with Gasteiger partial charge in [0.15, 0.2) is 0 Å². The predicted octanol–water partition coefficient (Wildman–Crippen LogP) is 4.00. The van der Waals surface area contributed by atoms with Crippen LogP contribution in [0.15, 0.2) is 41.3 Å². The molecule has 1 N–H and O–H groups in total. The van der Waals surface area contributed by atoms with Crippen LogP contribution in [0.4, 0.5) is 0 Å². The quantitative estimate of drug-likeness (QED) is 0.883. The summed E-state index contributed by atoms with van der Waals surface area (Å²) in [4.78, 5) is 0.0321. The second-order valence-electron chi connectivity index (χ2n) is 5.50. The summed E-state index contributed by atoms with van der Waals surface area (Å²) in [5.74, 6) is 0.259. The lowest BCUT2D eigenvalue weighted by Crippen LogP contribution is -2.27. The molecule has 124 valence electrons. The smallest absolute Gasteiger partial charge is 0.244 e. The maximum absolute atomic E-state index is 12.7. The van der Waals surface area contributed by atoms with Crippen molar-refractivity contribution in [1.82, 2.24) is 4.72 Å². The molecule has 0 spiro atoms. The predicted molar refractivity (Wildman–Crippen MR) is 92.7 cm³/mol. The van der Waals surface area contributed by atoms with E-state index in [2.05, 4.69) is 4.72 Å². The number of ether oxygens (including phenoxy) is 1. The molecular formula is C17H20ClNO3S. The highest BCUT2D eigenvalue weighted by molar-refractivity contribution is 7.89. The van der Waals surface area contributed by atoms with E-state index in [4.69, 9.17) is 16.3 Å². The van der Waals surface area contributed by atoms with E-state index in [1.165, 1.54) is 13.2 Å². The number of halogens is 1. The van der Waals surface area contributed by atoms with Crippen LogP contribution in [0.3, 0.4) is 0 Å². The van der Waals surface area contributed by atoms with Gasteiger partial charge in [0.2, 0.25) is 10.0 Å². The van der Waals surface area contributed by atoms with Crippen molar-refractivity contribution in [3.8, 4) is 5.75 Å². The Balaban J connectivity index is 2.38. The Kier molecular flexibility index (Phi) is 5.34. The number of benzene rings is 2. The van der Waals surface area contributed by atoms with E-state index in [0.29, 0.717) is 5.02 Å². The number of sulfonamides is 1. The number of hydrogen-bond donors (Lipinski definition) is 1. The maximum atomic E-state index is 12.7. The molecule has 0 unspecified atom stereocenters. The molecular weight excluding hydrogens is 334 g/mol. The van der Waals surface area contributed by atoms with Crippen LogP contribution in [0.1, 0.15) is 29.7 Å². The number of hydrogen-bond acceptors (Lipinski definition) is 3. The highest BCUT2D eigenvalue weighted by Gasteiger charge is 2.23. The summed E-state index contributed by atoms with van der Waals surface area (Å²) in [6.45, 7) is 5.75. The van der Waals surface area contributed by atoms with Gasteiger partial charge in [-0.05, 0) is 50.1 Å². The fourth-order valence-electron chi connectivity index (χ4n) is 2.45. The summed E-state index contributed by atoms with van der Waals surface area (Å²) in [5, 5.41) is 0.338. The SMILES string of the molecule is COc1ccc(Cl)cc1S(=O)(=O)N[C@H](C)c1cc(C)ccc1C. The van der Waals surface area contributed by atoms with Gasteiger partial charge in [-0.2, -0.15) is 0 Å². The van der Waals surface area contributed by atoms with Gasteiger partial charge in [0.05, 0.1) is 7.11 Å².